The van der Waals surface area contributed by atoms with E-state index < -0.39 is 5.91 Å². The van der Waals surface area contributed by atoms with Gasteiger partial charge in [0.15, 0.2) is 0 Å². The third kappa shape index (κ3) is 6.34. The first-order valence-corrected chi connectivity index (χ1v) is 9.29. The SMILES string of the molecule is COc1ccc(C(=O)N/N=C(\C)CC(=O)Nc2ccc(C(C)C)cc2)c(OC)c1. The molecule has 0 aromatic heterocycles. The molecular formula is C22H27N3O4. The van der Waals surface area contributed by atoms with Crippen LogP contribution in [-0.2, 0) is 4.79 Å². The maximum Gasteiger partial charge on any atom is 0.275 e. The Kier molecular flexibility index (Phi) is 7.77. The van der Waals surface area contributed by atoms with Crippen LogP contribution in [-0.4, -0.2) is 31.7 Å². The van der Waals surface area contributed by atoms with E-state index in [0.717, 1.165) is 5.69 Å². The van der Waals surface area contributed by atoms with Crippen molar-refractivity contribution in [2.75, 3.05) is 19.5 Å². The first-order valence-electron chi connectivity index (χ1n) is 9.29. The fourth-order valence-electron chi connectivity index (χ4n) is 2.62. The van der Waals surface area contributed by atoms with E-state index in [4.69, 9.17) is 9.47 Å². The molecule has 2 aromatic rings. The lowest BCUT2D eigenvalue weighted by molar-refractivity contribution is -0.115. The zero-order valence-corrected chi connectivity index (χ0v) is 17.4. The number of hydrazone groups is 1. The highest BCUT2D eigenvalue weighted by Gasteiger charge is 2.13. The predicted octanol–water partition coefficient (Wildman–Crippen LogP) is 3.96. The van der Waals surface area contributed by atoms with Crippen LogP contribution in [0.15, 0.2) is 47.6 Å². The second kappa shape index (κ2) is 10.3. The van der Waals surface area contributed by atoms with Gasteiger partial charge in [0.1, 0.15) is 11.5 Å². The summed E-state index contributed by atoms with van der Waals surface area (Å²) in [7, 11) is 3.00. The standard InChI is InChI=1S/C22H27N3O4/c1-14(2)16-6-8-17(9-7-16)23-21(26)12-15(3)24-25-22(27)19-11-10-18(28-4)13-20(19)29-5/h6-11,13-14H,12H2,1-5H3,(H,23,26)(H,25,27)/b24-15+. The van der Waals surface area contributed by atoms with E-state index in [0.29, 0.717) is 28.7 Å². The molecule has 0 radical (unpaired) electrons. The summed E-state index contributed by atoms with van der Waals surface area (Å²) < 4.78 is 10.3. The van der Waals surface area contributed by atoms with Crippen LogP contribution in [0.5, 0.6) is 11.5 Å². The highest BCUT2D eigenvalue weighted by Crippen LogP contribution is 2.24. The summed E-state index contributed by atoms with van der Waals surface area (Å²) in [6.07, 6.45) is 0.0615. The van der Waals surface area contributed by atoms with Gasteiger partial charge < -0.3 is 14.8 Å². The number of amides is 2. The maximum atomic E-state index is 12.4. The molecule has 0 unspecified atom stereocenters. The first kappa shape index (κ1) is 21.9. The van der Waals surface area contributed by atoms with Crippen LogP contribution in [0, 0.1) is 0 Å². The molecule has 0 atom stereocenters. The van der Waals surface area contributed by atoms with Crippen molar-refractivity contribution in [3.63, 3.8) is 0 Å². The van der Waals surface area contributed by atoms with Crippen LogP contribution in [0.25, 0.3) is 0 Å². The van der Waals surface area contributed by atoms with Crippen LogP contribution in [0.3, 0.4) is 0 Å². The van der Waals surface area contributed by atoms with Gasteiger partial charge >= 0.3 is 0 Å². The van der Waals surface area contributed by atoms with Crippen molar-refractivity contribution in [3.05, 3.63) is 53.6 Å². The molecule has 2 N–H and O–H groups in total. The lowest BCUT2D eigenvalue weighted by atomic mass is 10.0. The van der Waals surface area contributed by atoms with Crippen molar-refractivity contribution in [3.8, 4) is 11.5 Å². The number of hydrogen-bond donors (Lipinski definition) is 2. The molecule has 0 aliphatic heterocycles. The number of methoxy groups -OCH3 is 2. The average molecular weight is 397 g/mol. The van der Waals surface area contributed by atoms with Gasteiger partial charge in [-0.1, -0.05) is 26.0 Å². The first-order chi connectivity index (χ1) is 13.8. The van der Waals surface area contributed by atoms with Crippen LogP contribution in [0.4, 0.5) is 5.69 Å². The molecule has 7 heteroatoms. The van der Waals surface area contributed by atoms with Crippen molar-refractivity contribution < 1.29 is 19.1 Å². The van der Waals surface area contributed by atoms with Gasteiger partial charge in [0.05, 0.1) is 26.2 Å². The van der Waals surface area contributed by atoms with Crippen LogP contribution in [0.1, 0.15) is 49.0 Å². The van der Waals surface area contributed by atoms with E-state index in [1.165, 1.54) is 19.8 Å². The molecule has 0 heterocycles. The second-order valence-electron chi connectivity index (χ2n) is 6.86. The maximum absolute atomic E-state index is 12.4. The molecule has 0 fully saturated rings. The number of carbonyl (C=O) groups excluding carboxylic acids is 2. The number of anilines is 1. The predicted molar refractivity (Wildman–Crippen MR) is 114 cm³/mol. The molecule has 0 aliphatic carbocycles. The van der Waals surface area contributed by atoms with Gasteiger partial charge in [-0.2, -0.15) is 5.10 Å². The highest BCUT2D eigenvalue weighted by atomic mass is 16.5. The van der Waals surface area contributed by atoms with Gasteiger partial charge in [0, 0.05) is 17.5 Å². The fraction of sp³-hybridized carbons (Fsp3) is 0.318. The fourth-order valence-corrected chi connectivity index (χ4v) is 2.62. The van der Waals surface area contributed by atoms with Crippen LogP contribution >= 0.6 is 0 Å². The molecule has 0 saturated heterocycles. The Morgan fingerprint density at radius 1 is 1.03 bits per heavy atom. The summed E-state index contributed by atoms with van der Waals surface area (Å²) in [6, 6.07) is 12.6. The number of hydrogen-bond acceptors (Lipinski definition) is 5. The Bertz CT molecular complexity index is 889. The van der Waals surface area contributed by atoms with E-state index in [-0.39, 0.29) is 12.3 Å². The number of nitrogens with one attached hydrogen (secondary N) is 2. The summed E-state index contributed by atoms with van der Waals surface area (Å²) in [6.45, 7) is 5.90. The minimum atomic E-state index is -0.437. The normalized spacial score (nSPS) is 11.2. The van der Waals surface area contributed by atoms with E-state index in [1.807, 2.05) is 24.3 Å². The number of rotatable bonds is 8. The third-order valence-electron chi connectivity index (χ3n) is 4.28. The van der Waals surface area contributed by atoms with Gasteiger partial charge in [-0.15, -0.1) is 0 Å². The Morgan fingerprint density at radius 2 is 1.72 bits per heavy atom. The van der Waals surface area contributed by atoms with Crippen molar-refractivity contribution in [2.24, 2.45) is 5.10 Å². The molecule has 7 nitrogen and oxygen atoms in total. The smallest absolute Gasteiger partial charge is 0.275 e. The van der Waals surface area contributed by atoms with Crippen LogP contribution in [0.2, 0.25) is 0 Å². The van der Waals surface area contributed by atoms with E-state index in [9.17, 15) is 9.59 Å². The summed E-state index contributed by atoms with van der Waals surface area (Å²) in [5, 5.41) is 6.83. The van der Waals surface area contributed by atoms with Crippen LogP contribution < -0.4 is 20.2 Å². The number of ether oxygens (including phenoxy) is 2. The number of nitrogens with zero attached hydrogens (tertiary/aromatic N) is 1. The molecule has 29 heavy (non-hydrogen) atoms. The highest BCUT2D eigenvalue weighted by molar-refractivity contribution is 6.06. The zero-order valence-electron chi connectivity index (χ0n) is 17.4. The Hall–Kier alpha value is -3.35. The largest absolute Gasteiger partial charge is 0.497 e. The average Bonchev–Trinajstić information content (AvgIpc) is 2.71. The van der Waals surface area contributed by atoms with Crippen molar-refractivity contribution in [2.45, 2.75) is 33.1 Å². The molecule has 0 bridgehead atoms. The lowest BCUT2D eigenvalue weighted by Crippen LogP contribution is -2.22. The minimum absolute atomic E-state index is 0.0615. The van der Waals surface area contributed by atoms with E-state index >= 15 is 0 Å². The summed E-state index contributed by atoms with van der Waals surface area (Å²) >= 11 is 0. The molecule has 2 rings (SSSR count). The molecule has 0 saturated carbocycles. The molecule has 0 spiro atoms. The zero-order chi connectivity index (χ0) is 21.4. The molecule has 2 aromatic carbocycles. The number of benzene rings is 2. The molecule has 154 valence electrons. The molecule has 0 aliphatic rings. The molecular weight excluding hydrogens is 370 g/mol. The molecule has 2 amide bonds. The second-order valence-corrected chi connectivity index (χ2v) is 6.86. The summed E-state index contributed by atoms with van der Waals surface area (Å²) in [4.78, 5) is 24.5. The third-order valence-corrected chi connectivity index (χ3v) is 4.28. The number of carbonyl (C=O) groups is 2. The minimum Gasteiger partial charge on any atom is -0.497 e. The Labute approximate surface area is 171 Å². The summed E-state index contributed by atoms with van der Waals surface area (Å²) in [5.41, 5.74) is 5.17. The van der Waals surface area contributed by atoms with Gasteiger partial charge in [0.2, 0.25) is 5.91 Å². The lowest BCUT2D eigenvalue weighted by Gasteiger charge is -2.10. The Morgan fingerprint density at radius 3 is 2.31 bits per heavy atom. The van der Waals surface area contributed by atoms with Gasteiger partial charge in [-0.3, -0.25) is 9.59 Å². The Balaban J connectivity index is 1.94. The van der Waals surface area contributed by atoms with Crippen molar-refractivity contribution >= 4 is 23.2 Å². The summed E-state index contributed by atoms with van der Waals surface area (Å²) in [5.74, 6) is 0.740. The van der Waals surface area contributed by atoms with Gasteiger partial charge in [-0.05, 0) is 42.7 Å². The van der Waals surface area contributed by atoms with Gasteiger partial charge in [-0.25, -0.2) is 5.43 Å². The van der Waals surface area contributed by atoms with Gasteiger partial charge in [0.25, 0.3) is 5.91 Å². The van der Waals surface area contributed by atoms with Crippen molar-refractivity contribution in [1.82, 2.24) is 5.43 Å². The van der Waals surface area contributed by atoms with Crippen molar-refractivity contribution in [1.29, 1.82) is 0 Å². The topological polar surface area (TPSA) is 89.0 Å². The quantitative estimate of drug-likeness (QED) is 0.521. The van der Waals surface area contributed by atoms with E-state index in [1.54, 1.807) is 25.1 Å². The van der Waals surface area contributed by atoms with E-state index in [2.05, 4.69) is 29.7 Å². The monoisotopic (exact) mass is 397 g/mol.